The first kappa shape index (κ1) is 47.3. The van der Waals surface area contributed by atoms with Gasteiger partial charge in [-0.3, -0.25) is 14.4 Å². The van der Waals surface area contributed by atoms with Gasteiger partial charge in [-0.05, 0) is 98.7 Å². The van der Waals surface area contributed by atoms with Crippen molar-refractivity contribution in [2.45, 2.75) is 148 Å². The molecule has 334 valence electrons. The second-order valence-corrected chi connectivity index (χ2v) is 17.6. The molecular formula is C42H63ClN6O11. The minimum atomic E-state index is -1.47. The maximum Gasteiger partial charge on any atom is 0.425 e. The van der Waals surface area contributed by atoms with Crippen LogP contribution in [0.15, 0.2) is 28.8 Å². The van der Waals surface area contributed by atoms with E-state index in [1.165, 1.54) is 19.0 Å². The molecule has 3 saturated heterocycles. The van der Waals surface area contributed by atoms with Crippen LogP contribution in [0, 0.1) is 17.8 Å². The van der Waals surface area contributed by atoms with Crippen molar-refractivity contribution in [3.63, 3.8) is 0 Å². The van der Waals surface area contributed by atoms with E-state index in [1.54, 1.807) is 65.8 Å². The number of aryl methyl sites for hydroxylation is 1. The van der Waals surface area contributed by atoms with Gasteiger partial charge < -0.3 is 43.5 Å². The van der Waals surface area contributed by atoms with Gasteiger partial charge in [0.25, 0.3) is 0 Å². The molecule has 3 fully saturated rings. The lowest BCUT2D eigenvalue weighted by atomic mass is 9.78. The Bertz CT molecular complexity index is 1820. The molecule has 1 aromatic carbocycles. The molecule has 0 bridgehead atoms. The minimum Gasteiger partial charge on any atom is -0.457 e. The lowest BCUT2D eigenvalue weighted by Gasteiger charge is -2.46. The molecule has 4 heterocycles. The Labute approximate surface area is 357 Å². The van der Waals surface area contributed by atoms with Gasteiger partial charge in [0.2, 0.25) is 17.6 Å². The average molecular weight is 863 g/mol. The molecule has 5 rings (SSSR count). The first-order valence-electron chi connectivity index (χ1n) is 20.8. The number of carbonyl (C=O) groups excluding carboxylic acids is 4. The lowest BCUT2D eigenvalue weighted by molar-refractivity contribution is -0.295. The number of hydrazine groups is 1. The fourth-order valence-electron chi connectivity index (χ4n) is 8.88. The van der Waals surface area contributed by atoms with E-state index in [1.807, 2.05) is 25.9 Å². The fraction of sp³-hybridized carbons (Fsp3) is 0.714. The summed E-state index contributed by atoms with van der Waals surface area (Å²) in [5, 5.41) is 20.5. The smallest absolute Gasteiger partial charge is 0.425 e. The molecule has 13 atom stereocenters. The molecule has 0 radical (unpaired) electrons. The first-order chi connectivity index (χ1) is 28.2. The monoisotopic (exact) mass is 862 g/mol. The number of nitrogens with one attached hydrogen (secondary N) is 2. The first-order valence-corrected chi connectivity index (χ1v) is 21.2. The van der Waals surface area contributed by atoms with E-state index < -0.39 is 83.5 Å². The number of ketones is 1. The highest BCUT2D eigenvalue weighted by Crippen LogP contribution is 2.39. The molecule has 1 aromatic heterocycles. The third kappa shape index (κ3) is 10.1. The molecule has 3 aliphatic rings. The number of likely N-dealkylation sites (N-methyl/N-ethyl adjacent to an activating group) is 1. The SMILES string of the molecule is CC[C@H]1OC(=O)[C@H](C)C(=O)[C@H](C)[C@@H](O[C@@H]2O[C@H](C)C[C@H](N(C)C)[C@H]2O)[C@@](C)(OC)C[C@@H](C)C(=O)NC(C)[C@H]2N(NCCCc3nc(-c4ccc(Cl)cc4)no3)C(=O)O[C@]12C. The van der Waals surface area contributed by atoms with Crippen LogP contribution >= 0.6 is 11.6 Å². The number of methoxy groups -OCH3 is 1. The molecule has 18 heteroatoms. The quantitative estimate of drug-likeness (QED) is 0.164. The van der Waals surface area contributed by atoms with Crippen molar-refractivity contribution in [2.24, 2.45) is 17.8 Å². The highest BCUT2D eigenvalue weighted by molar-refractivity contribution is 6.30. The van der Waals surface area contributed by atoms with Gasteiger partial charge in [-0.1, -0.05) is 37.5 Å². The Kier molecular flexibility index (Phi) is 15.4. The Morgan fingerprint density at radius 2 is 1.77 bits per heavy atom. The molecule has 60 heavy (non-hydrogen) atoms. The molecular weight excluding hydrogens is 800 g/mol. The number of hydrogen-bond acceptors (Lipinski definition) is 15. The van der Waals surface area contributed by atoms with Crippen LogP contribution in [0.2, 0.25) is 5.02 Å². The van der Waals surface area contributed by atoms with E-state index in [0.29, 0.717) is 36.0 Å². The number of aliphatic hydroxyl groups is 1. The van der Waals surface area contributed by atoms with Crippen LogP contribution in [0.4, 0.5) is 4.79 Å². The molecule has 3 N–H and O–H groups in total. The topological polar surface area (TPSA) is 204 Å². The Balaban J connectivity index is 1.40. The number of cyclic esters (lactones) is 1. The number of carbonyl (C=O) groups is 4. The average Bonchev–Trinajstić information content (AvgIpc) is 3.78. The summed E-state index contributed by atoms with van der Waals surface area (Å²) in [7, 11) is 5.19. The highest BCUT2D eigenvalue weighted by atomic mass is 35.5. The van der Waals surface area contributed by atoms with Crippen molar-refractivity contribution in [1.82, 2.24) is 30.8 Å². The van der Waals surface area contributed by atoms with Crippen molar-refractivity contribution in [3.05, 3.63) is 35.2 Å². The second-order valence-electron chi connectivity index (χ2n) is 17.2. The van der Waals surface area contributed by atoms with Gasteiger partial charge >= 0.3 is 12.1 Å². The van der Waals surface area contributed by atoms with Gasteiger partial charge in [0.05, 0.1) is 23.9 Å². The second kappa shape index (κ2) is 19.6. The summed E-state index contributed by atoms with van der Waals surface area (Å²) < 4.78 is 36.4. The maximum atomic E-state index is 14.4. The number of aromatic nitrogens is 2. The number of Topliss-reactive ketones (excluding diaryl/α,β-unsaturated/α-hetero) is 1. The number of rotatable bonds is 11. The summed E-state index contributed by atoms with van der Waals surface area (Å²) >= 11 is 6.01. The van der Waals surface area contributed by atoms with E-state index in [9.17, 15) is 24.3 Å². The Hall–Kier alpha value is -3.71. The van der Waals surface area contributed by atoms with Crippen molar-refractivity contribution in [2.75, 3.05) is 27.7 Å². The summed E-state index contributed by atoms with van der Waals surface area (Å²) in [6.07, 6.45) is -3.58. The zero-order chi connectivity index (χ0) is 44.3. The zero-order valence-electron chi connectivity index (χ0n) is 36.6. The van der Waals surface area contributed by atoms with Crippen LogP contribution in [-0.4, -0.2) is 137 Å². The maximum absolute atomic E-state index is 14.4. The number of halogens is 1. The van der Waals surface area contributed by atoms with Crippen LogP contribution in [0.5, 0.6) is 0 Å². The van der Waals surface area contributed by atoms with E-state index in [0.717, 1.165) is 5.56 Å². The predicted octanol–water partition coefficient (Wildman–Crippen LogP) is 4.33. The summed E-state index contributed by atoms with van der Waals surface area (Å²) in [4.78, 5) is 62.6. The van der Waals surface area contributed by atoms with E-state index in [-0.39, 0.29) is 37.4 Å². The number of nitrogens with zero attached hydrogens (tertiary/aromatic N) is 4. The van der Waals surface area contributed by atoms with Crippen LogP contribution in [-0.2, 0) is 44.5 Å². The van der Waals surface area contributed by atoms with Crippen molar-refractivity contribution in [3.8, 4) is 11.4 Å². The van der Waals surface area contributed by atoms with Gasteiger partial charge in [-0.2, -0.15) is 4.98 Å². The minimum absolute atomic E-state index is 0.0744. The van der Waals surface area contributed by atoms with Gasteiger partial charge in [-0.15, -0.1) is 0 Å². The molecule has 3 aliphatic heterocycles. The Morgan fingerprint density at radius 1 is 1.08 bits per heavy atom. The van der Waals surface area contributed by atoms with Crippen LogP contribution < -0.4 is 10.7 Å². The number of esters is 1. The summed E-state index contributed by atoms with van der Waals surface area (Å²) in [6.45, 7) is 13.9. The lowest BCUT2D eigenvalue weighted by Crippen LogP contribution is -2.63. The third-order valence-corrected chi connectivity index (χ3v) is 12.6. The fourth-order valence-corrected chi connectivity index (χ4v) is 9.00. The van der Waals surface area contributed by atoms with Crippen molar-refractivity contribution < 1.29 is 52.5 Å². The molecule has 2 amide bonds. The predicted molar refractivity (Wildman–Crippen MR) is 219 cm³/mol. The van der Waals surface area contributed by atoms with Gasteiger partial charge in [0.15, 0.2) is 17.7 Å². The van der Waals surface area contributed by atoms with Gasteiger partial charge in [0, 0.05) is 48.5 Å². The summed E-state index contributed by atoms with van der Waals surface area (Å²) in [6, 6.07) is 5.16. The zero-order valence-corrected chi connectivity index (χ0v) is 37.4. The van der Waals surface area contributed by atoms with Crippen LogP contribution in [0.1, 0.15) is 87.0 Å². The van der Waals surface area contributed by atoms with E-state index >= 15 is 0 Å². The van der Waals surface area contributed by atoms with Crippen LogP contribution in [0.3, 0.4) is 0 Å². The standard InChI is InChI=1S/C42H63ClN6O11/c1-12-30-42(8)34(49(40(54)59-42)44-19-13-14-31-46-36(47-60-31)27-15-17-28(43)18-16-27)26(6)45-37(52)22(2)21-41(7,55-11)35(24(4)32(50)25(5)38(53)57-30)58-39-33(51)29(48(9)10)20-23(3)56-39/h15-18,22-26,29-30,33-35,39,44,51H,12-14,19-21H2,1-11H3,(H,45,52)/t22-,23-,24+,25-,26?,29+,30-,33-,34-,35-,39+,41+,42-/m1/s1. The number of aliphatic hydroxyl groups excluding tert-OH is 1. The molecule has 17 nitrogen and oxygen atoms in total. The largest absolute Gasteiger partial charge is 0.457 e. The van der Waals surface area contributed by atoms with E-state index in [2.05, 4.69) is 20.9 Å². The van der Waals surface area contributed by atoms with Gasteiger partial charge in [-0.25, -0.2) is 15.2 Å². The molecule has 0 aliphatic carbocycles. The molecule has 0 spiro atoms. The normalized spacial score (nSPS) is 36.0. The van der Waals surface area contributed by atoms with Crippen molar-refractivity contribution in [1.29, 1.82) is 0 Å². The highest BCUT2D eigenvalue weighted by Gasteiger charge is 2.59. The number of ether oxygens (including phenoxy) is 5. The number of amides is 2. The molecule has 0 saturated carbocycles. The summed E-state index contributed by atoms with van der Waals surface area (Å²) in [5.74, 6) is -3.82. The molecule has 1 unspecified atom stereocenters. The number of fused-ring (bicyclic) bond motifs is 1. The number of hydrogen-bond donors (Lipinski definition) is 3. The van der Waals surface area contributed by atoms with Crippen molar-refractivity contribution >= 4 is 35.4 Å². The van der Waals surface area contributed by atoms with Gasteiger partial charge in [0.1, 0.15) is 24.2 Å². The Morgan fingerprint density at radius 3 is 2.40 bits per heavy atom. The number of benzene rings is 1. The summed E-state index contributed by atoms with van der Waals surface area (Å²) in [5.41, 5.74) is 1.15. The molecule has 2 aromatic rings. The third-order valence-electron chi connectivity index (χ3n) is 12.4. The van der Waals surface area contributed by atoms with Crippen LogP contribution in [0.25, 0.3) is 11.4 Å². The van der Waals surface area contributed by atoms with E-state index in [4.69, 9.17) is 39.8 Å².